The number of amides is 1. The van der Waals surface area contributed by atoms with Gasteiger partial charge in [-0.1, -0.05) is 0 Å². The van der Waals surface area contributed by atoms with Crippen LogP contribution in [0.15, 0.2) is 0 Å². The van der Waals surface area contributed by atoms with Gasteiger partial charge in [-0.3, -0.25) is 0 Å². The van der Waals surface area contributed by atoms with Crippen molar-refractivity contribution >= 4 is 6.09 Å². The standard InChI is InChI=1S/C11H22N2O2/c1-11(2,3)13(10(14)15)9-6-4-5-8(12)7-9/h8-9H,4-7,12H2,1-3H3,(H,14,15)/t8-,9-/m0/s1. The Morgan fingerprint density at radius 2 is 2.00 bits per heavy atom. The summed E-state index contributed by atoms with van der Waals surface area (Å²) >= 11 is 0. The van der Waals surface area contributed by atoms with Crippen LogP contribution in [0.4, 0.5) is 4.79 Å². The van der Waals surface area contributed by atoms with Crippen LogP contribution >= 0.6 is 0 Å². The van der Waals surface area contributed by atoms with Crippen molar-refractivity contribution < 1.29 is 9.90 Å². The average molecular weight is 214 g/mol. The van der Waals surface area contributed by atoms with Crippen LogP contribution in [-0.4, -0.2) is 33.7 Å². The monoisotopic (exact) mass is 214 g/mol. The second-order valence-electron chi connectivity index (χ2n) is 5.40. The SMILES string of the molecule is CC(C)(C)N(C(=O)O)[C@H]1CCC[C@H](N)C1. The third-order valence-electron chi connectivity index (χ3n) is 2.98. The minimum Gasteiger partial charge on any atom is -0.465 e. The van der Waals surface area contributed by atoms with Crippen molar-refractivity contribution in [1.29, 1.82) is 0 Å². The zero-order valence-electron chi connectivity index (χ0n) is 9.86. The lowest BCUT2D eigenvalue weighted by Gasteiger charge is -2.42. The lowest BCUT2D eigenvalue weighted by molar-refractivity contribution is 0.0541. The van der Waals surface area contributed by atoms with E-state index in [2.05, 4.69) is 0 Å². The minimum absolute atomic E-state index is 0.0891. The quantitative estimate of drug-likeness (QED) is 0.702. The van der Waals surface area contributed by atoms with Crippen molar-refractivity contribution in [3.63, 3.8) is 0 Å². The van der Waals surface area contributed by atoms with Crippen LogP contribution in [0.25, 0.3) is 0 Å². The highest BCUT2D eigenvalue weighted by Crippen LogP contribution is 2.27. The minimum atomic E-state index is -0.832. The number of carbonyl (C=O) groups is 1. The summed E-state index contributed by atoms with van der Waals surface area (Å²) in [5.74, 6) is 0. The highest BCUT2D eigenvalue weighted by atomic mass is 16.4. The number of rotatable bonds is 1. The molecule has 4 heteroatoms. The maximum Gasteiger partial charge on any atom is 0.407 e. The van der Waals surface area contributed by atoms with Gasteiger partial charge in [-0.25, -0.2) is 4.79 Å². The number of nitrogens with two attached hydrogens (primary N) is 1. The molecular weight excluding hydrogens is 192 g/mol. The van der Waals surface area contributed by atoms with Crippen LogP contribution < -0.4 is 5.73 Å². The zero-order chi connectivity index (χ0) is 11.6. The topological polar surface area (TPSA) is 66.6 Å². The molecule has 0 heterocycles. The summed E-state index contributed by atoms with van der Waals surface area (Å²) in [5, 5.41) is 9.23. The highest BCUT2D eigenvalue weighted by molar-refractivity contribution is 5.66. The Hall–Kier alpha value is -0.770. The molecule has 0 spiro atoms. The van der Waals surface area contributed by atoms with Crippen LogP contribution in [0.5, 0.6) is 0 Å². The van der Waals surface area contributed by atoms with Gasteiger partial charge in [0.2, 0.25) is 0 Å². The summed E-state index contributed by atoms with van der Waals surface area (Å²) in [6, 6.07) is 0.249. The molecule has 1 aliphatic carbocycles. The molecule has 1 saturated carbocycles. The lowest BCUT2D eigenvalue weighted by Crippen LogP contribution is -2.53. The largest absolute Gasteiger partial charge is 0.465 e. The maximum absolute atomic E-state index is 11.2. The molecule has 4 nitrogen and oxygen atoms in total. The Bertz CT molecular complexity index is 235. The van der Waals surface area contributed by atoms with Gasteiger partial charge in [0.15, 0.2) is 0 Å². The predicted molar refractivity (Wildman–Crippen MR) is 59.8 cm³/mol. The molecule has 0 radical (unpaired) electrons. The predicted octanol–water partition coefficient (Wildman–Crippen LogP) is 2.03. The Kier molecular flexibility index (Phi) is 3.60. The van der Waals surface area contributed by atoms with E-state index in [0.717, 1.165) is 25.7 Å². The first-order valence-corrected chi connectivity index (χ1v) is 5.60. The van der Waals surface area contributed by atoms with Gasteiger partial charge in [0, 0.05) is 17.6 Å². The number of hydrogen-bond acceptors (Lipinski definition) is 2. The van der Waals surface area contributed by atoms with Crippen molar-refractivity contribution in [2.45, 2.75) is 64.1 Å². The van der Waals surface area contributed by atoms with Crippen LogP contribution in [0.1, 0.15) is 46.5 Å². The van der Waals surface area contributed by atoms with Crippen molar-refractivity contribution in [2.24, 2.45) is 5.73 Å². The van der Waals surface area contributed by atoms with Gasteiger partial charge >= 0.3 is 6.09 Å². The van der Waals surface area contributed by atoms with E-state index < -0.39 is 6.09 Å². The van der Waals surface area contributed by atoms with Crippen molar-refractivity contribution in [2.75, 3.05) is 0 Å². The second-order valence-corrected chi connectivity index (χ2v) is 5.40. The molecule has 2 atom stereocenters. The molecule has 0 bridgehead atoms. The van der Waals surface area contributed by atoms with Gasteiger partial charge in [0.25, 0.3) is 0 Å². The molecule has 88 valence electrons. The van der Waals surface area contributed by atoms with E-state index in [0.29, 0.717) is 0 Å². The summed E-state index contributed by atoms with van der Waals surface area (Å²) in [6.45, 7) is 5.80. The molecule has 1 amide bonds. The fraction of sp³-hybridized carbons (Fsp3) is 0.909. The molecule has 0 aromatic carbocycles. The van der Waals surface area contributed by atoms with E-state index in [-0.39, 0.29) is 17.6 Å². The van der Waals surface area contributed by atoms with Crippen LogP contribution in [0, 0.1) is 0 Å². The Balaban J connectivity index is 2.76. The molecule has 3 N–H and O–H groups in total. The third kappa shape index (κ3) is 3.09. The van der Waals surface area contributed by atoms with Gasteiger partial charge in [-0.05, 0) is 46.5 Å². The summed E-state index contributed by atoms with van der Waals surface area (Å²) in [6.07, 6.45) is 2.96. The first-order chi connectivity index (χ1) is 6.82. The molecule has 0 aromatic rings. The number of hydrogen-bond donors (Lipinski definition) is 2. The van der Waals surface area contributed by atoms with E-state index in [1.807, 2.05) is 20.8 Å². The first-order valence-electron chi connectivity index (χ1n) is 5.60. The van der Waals surface area contributed by atoms with Crippen LogP contribution in [0.2, 0.25) is 0 Å². The fourth-order valence-corrected chi connectivity index (χ4v) is 2.43. The summed E-state index contributed by atoms with van der Waals surface area (Å²) in [5.41, 5.74) is 5.55. The third-order valence-corrected chi connectivity index (χ3v) is 2.98. The van der Waals surface area contributed by atoms with E-state index >= 15 is 0 Å². The van der Waals surface area contributed by atoms with Gasteiger partial charge in [-0.2, -0.15) is 0 Å². The van der Waals surface area contributed by atoms with Crippen molar-refractivity contribution in [3.05, 3.63) is 0 Å². The van der Waals surface area contributed by atoms with Crippen LogP contribution in [0.3, 0.4) is 0 Å². The molecule has 0 unspecified atom stereocenters. The first kappa shape index (κ1) is 12.3. The molecular formula is C11H22N2O2. The van der Waals surface area contributed by atoms with Gasteiger partial charge in [0.1, 0.15) is 0 Å². The highest BCUT2D eigenvalue weighted by Gasteiger charge is 2.35. The Morgan fingerprint density at radius 1 is 1.40 bits per heavy atom. The fourth-order valence-electron chi connectivity index (χ4n) is 2.43. The van der Waals surface area contributed by atoms with E-state index in [1.54, 1.807) is 4.90 Å². The average Bonchev–Trinajstić information content (AvgIpc) is 1.99. The summed E-state index contributed by atoms with van der Waals surface area (Å²) < 4.78 is 0. The lowest BCUT2D eigenvalue weighted by atomic mass is 9.88. The Labute approximate surface area is 91.4 Å². The van der Waals surface area contributed by atoms with E-state index in [9.17, 15) is 9.90 Å². The van der Waals surface area contributed by atoms with Gasteiger partial charge in [0.05, 0.1) is 0 Å². The number of carboxylic acid groups (broad SMARTS) is 1. The zero-order valence-corrected chi connectivity index (χ0v) is 9.86. The summed E-state index contributed by atoms with van der Waals surface area (Å²) in [4.78, 5) is 12.8. The Morgan fingerprint density at radius 3 is 2.40 bits per heavy atom. The molecule has 0 aromatic heterocycles. The van der Waals surface area contributed by atoms with Gasteiger partial charge in [-0.15, -0.1) is 0 Å². The molecule has 0 saturated heterocycles. The molecule has 15 heavy (non-hydrogen) atoms. The van der Waals surface area contributed by atoms with Crippen molar-refractivity contribution in [1.82, 2.24) is 4.90 Å². The smallest absolute Gasteiger partial charge is 0.407 e. The molecule has 1 aliphatic rings. The normalized spacial score (nSPS) is 27.5. The number of nitrogens with zero attached hydrogens (tertiary/aromatic N) is 1. The summed E-state index contributed by atoms with van der Waals surface area (Å²) in [7, 11) is 0. The maximum atomic E-state index is 11.2. The van der Waals surface area contributed by atoms with Crippen LogP contribution in [-0.2, 0) is 0 Å². The van der Waals surface area contributed by atoms with Gasteiger partial charge < -0.3 is 15.7 Å². The van der Waals surface area contributed by atoms with Crippen molar-refractivity contribution in [3.8, 4) is 0 Å². The second kappa shape index (κ2) is 4.39. The van der Waals surface area contributed by atoms with E-state index in [4.69, 9.17) is 5.73 Å². The molecule has 0 aliphatic heterocycles. The molecule has 1 rings (SSSR count). The van der Waals surface area contributed by atoms with E-state index in [1.165, 1.54) is 0 Å². The molecule has 1 fully saturated rings.